The van der Waals surface area contributed by atoms with E-state index in [2.05, 4.69) is 13.8 Å². The first kappa shape index (κ1) is 9.37. The second-order valence-electron chi connectivity index (χ2n) is 1.75. The molecule has 0 unspecified atom stereocenters. The summed E-state index contributed by atoms with van der Waals surface area (Å²) in [6, 6.07) is 0. The first-order valence-corrected chi connectivity index (χ1v) is 4.63. The zero-order valence-electron chi connectivity index (χ0n) is 6.52. The molecular weight excluding hydrogens is 131 g/mol. The Morgan fingerprint density at radius 2 is 2.00 bits per heavy atom. The average molecular weight is 146 g/mol. The number of hydrogen-bond donors (Lipinski definition) is 0. The lowest BCUT2D eigenvalue weighted by atomic mass is 9.95. The molecular formula is C6H15BOS. The van der Waals surface area contributed by atoms with Gasteiger partial charge >= 0.3 is 6.19 Å². The van der Waals surface area contributed by atoms with Crippen LogP contribution in [0.1, 0.15) is 20.8 Å². The highest BCUT2D eigenvalue weighted by molar-refractivity contribution is 8.24. The predicted octanol–water partition coefficient (Wildman–Crippen LogP) is 2.28. The van der Waals surface area contributed by atoms with Gasteiger partial charge in [0.25, 0.3) is 0 Å². The summed E-state index contributed by atoms with van der Waals surface area (Å²) in [4.78, 5) is 0. The molecule has 0 bridgehead atoms. The van der Waals surface area contributed by atoms with Crippen LogP contribution >= 0.6 is 11.6 Å². The van der Waals surface area contributed by atoms with Crippen molar-refractivity contribution in [3.05, 3.63) is 0 Å². The molecule has 0 aliphatic rings. The Bertz CT molecular complexity index is 55.0. The predicted molar refractivity (Wildman–Crippen MR) is 46.0 cm³/mol. The lowest BCUT2D eigenvalue weighted by Crippen LogP contribution is -2.12. The largest absolute Gasteiger partial charge is 0.426 e. The van der Waals surface area contributed by atoms with E-state index >= 15 is 0 Å². The fourth-order valence-corrected chi connectivity index (χ4v) is 1.50. The molecule has 0 saturated heterocycles. The zero-order chi connectivity index (χ0) is 7.11. The van der Waals surface area contributed by atoms with E-state index in [0.717, 1.165) is 18.7 Å². The maximum absolute atomic E-state index is 5.39. The van der Waals surface area contributed by atoms with Crippen molar-refractivity contribution in [2.24, 2.45) is 0 Å². The molecule has 0 rings (SSSR count). The summed E-state index contributed by atoms with van der Waals surface area (Å²) in [6.07, 6.45) is 1.55. The van der Waals surface area contributed by atoms with E-state index in [1.165, 1.54) is 0 Å². The summed E-state index contributed by atoms with van der Waals surface area (Å²) in [5.41, 5.74) is 0. The molecule has 0 aromatic heterocycles. The Morgan fingerprint density at radius 1 is 1.33 bits per heavy atom. The summed E-state index contributed by atoms with van der Waals surface area (Å²) in [7, 11) is 0. The summed E-state index contributed by atoms with van der Waals surface area (Å²) < 4.78 is 5.39. The molecule has 9 heavy (non-hydrogen) atoms. The lowest BCUT2D eigenvalue weighted by Gasteiger charge is -2.07. The standard InChI is InChI=1S/C6H15BOS/c1-4-7(8-5-2)9-6-3/h4-6H2,1-3H3. The topological polar surface area (TPSA) is 9.23 Å². The van der Waals surface area contributed by atoms with Gasteiger partial charge < -0.3 is 4.65 Å². The minimum absolute atomic E-state index is 0.431. The second-order valence-corrected chi connectivity index (χ2v) is 3.18. The Hall–Kier alpha value is 0.375. The van der Waals surface area contributed by atoms with Crippen molar-refractivity contribution in [3.63, 3.8) is 0 Å². The van der Waals surface area contributed by atoms with Gasteiger partial charge in [-0.05, 0) is 19.0 Å². The van der Waals surface area contributed by atoms with Gasteiger partial charge in [-0.15, -0.1) is 0 Å². The molecule has 0 aliphatic heterocycles. The van der Waals surface area contributed by atoms with Gasteiger partial charge in [-0.2, -0.15) is 11.6 Å². The lowest BCUT2D eigenvalue weighted by molar-refractivity contribution is 0.356. The van der Waals surface area contributed by atoms with Crippen LogP contribution in [0.25, 0.3) is 0 Å². The van der Waals surface area contributed by atoms with Crippen LogP contribution < -0.4 is 0 Å². The molecule has 0 spiro atoms. The van der Waals surface area contributed by atoms with E-state index in [1.807, 2.05) is 18.5 Å². The molecule has 0 amide bonds. The van der Waals surface area contributed by atoms with Gasteiger partial charge in [0.15, 0.2) is 0 Å². The van der Waals surface area contributed by atoms with Gasteiger partial charge in [-0.1, -0.05) is 13.8 Å². The molecule has 0 saturated carbocycles. The van der Waals surface area contributed by atoms with Crippen molar-refractivity contribution >= 4 is 17.8 Å². The fourth-order valence-electron chi connectivity index (χ4n) is 0.656. The van der Waals surface area contributed by atoms with Gasteiger partial charge in [-0.3, -0.25) is 0 Å². The van der Waals surface area contributed by atoms with Crippen LogP contribution in [0, 0.1) is 0 Å². The molecule has 3 heteroatoms. The van der Waals surface area contributed by atoms with Crippen molar-refractivity contribution in [1.29, 1.82) is 0 Å². The molecule has 0 fully saturated rings. The highest BCUT2D eigenvalue weighted by atomic mass is 32.2. The summed E-state index contributed by atoms with van der Waals surface area (Å²) >= 11 is 1.88. The van der Waals surface area contributed by atoms with Crippen LogP contribution in [0.15, 0.2) is 0 Å². The van der Waals surface area contributed by atoms with Gasteiger partial charge in [0.1, 0.15) is 0 Å². The molecule has 0 radical (unpaired) electrons. The minimum Gasteiger partial charge on any atom is -0.426 e. The van der Waals surface area contributed by atoms with Gasteiger partial charge in [0.2, 0.25) is 0 Å². The van der Waals surface area contributed by atoms with Crippen molar-refractivity contribution in [2.75, 3.05) is 12.4 Å². The molecule has 0 aromatic rings. The molecule has 0 atom stereocenters. The van der Waals surface area contributed by atoms with Crippen molar-refractivity contribution in [2.45, 2.75) is 27.1 Å². The minimum atomic E-state index is 0.431. The Labute approximate surface area is 62.6 Å². The van der Waals surface area contributed by atoms with Gasteiger partial charge in [0, 0.05) is 6.61 Å². The normalized spacial score (nSPS) is 9.67. The SMILES string of the molecule is CCOB(CC)SCC. The van der Waals surface area contributed by atoms with E-state index in [9.17, 15) is 0 Å². The van der Waals surface area contributed by atoms with Crippen LogP contribution in [0.3, 0.4) is 0 Å². The third-order valence-corrected chi connectivity index (χ3v) is 2.21. The van der Waals surface area contributed by atoms with Crippen LogP contribution in [0.5, 0.6) is 0 Å². The molecule has 0 N–H and O–H groups in total. The first-order valence-electron chi connectivity index (χ1n) is 3.58. The molecule has 0 heterocycles. The molecule has 1 nitrogen and oxygen atoms in total. The molecule has 54 valence electrons. The summed E-state index contributed by atoms with van der Waals surface area (Å²) in [6.45, 7) is 7.19. The fraction of sp³-hybridized carbons (Fsp3) is 1.00. The Morgan fingerprint density at radius 3 is 2.33 bits per heavy atom. The average Bonchev–Trinajstić information content (AvgIpc) is 1.88. The number of hydrogen-bond acceptors (Lipinski definition) is 2. The first-order chi connectivity index (χ1) is 4.35. The quantitative estimate of drug-likeness (QED) is 0.550. The van der Waals surface area contributed by atoms with E-state index in [-0.39, 0.29) is 0 Å². The van der Waals surface area contributed by atoms with Crippen molar-refractivity contribution in [1.82, 2.24) is 0 Å². The third kappa shape index (κ3) is 4.85. The highest BCUT2D eigenvalue weighted by Gasteiger charge is 2.10. The summed E-state index contributed by atoms with van der Waals surface area (Å²) in [5.74, 6) is 1.15. The van der Waals surface area contributed by atoms with Crippen molar-refractivity contribution < 1.29 is 4.65 Å². The van der Waals surface area contributed by atoms with E-state index in [1.54, 1.807) is 0 Å². The maximum Gasteiger partial charge on any atom is 0.361 e. The van der Waals surface area contributed by atoms with E-state index in [4.69, 9.17) is 4.65 Å². The van der Waals surface area contributed by atoms with Crippen LogP contribution in [-0.2, 0) is 4.65 Å². The van der Waals surface area contributed by atoms with Crippen LogP contribution in [0.4, 0.5) is 0 Å². The van der Waals surface area contributed by atoms with Crippen LogP contribution in [-0.4, -0.2) is 18.6 Å². The van der Waals surface area contributed by atoms with Crippen LogP contribution in [0.2, 0.25) is 6.32 Å². The molecule has 0 aliphatic carbocycles. The third-order valence-electron chi connectivity index (χ3n) is 1.04. The van der Waals surface area contributed by atoms with E-state index < -0.39 is 0 Å². The smallest absolute Gasteiger partial charge is 0.361 e. The van der Waals surface area contributed by atoms with Gasteiger partial charge in [-0.25, -0.2) is 0 Å². The number of rotatable bonds is 5. The van der Waals surface area contributed by atoms with E-state index in [0.29, 0.717) is 6.19 Å². The maximum atomic E-state index is 5.39. The second kappa shape index (κ2) is 6.49. The monoisotopic (exact) mass is 146 g/mol. The Balaban J connectivity index is 3.18. The van der Waals surface area contributed by atoms with Gasteiger partial charge in [0.05, 0.1) is 0 Å². The summed E-state index contributed by atoms with van der Waals surface area (Å²) in [5, 5.41) is 0. The Kier molecular flexibility index (Phi) is 6.76. The molecule has 0 aromatic carbocycles. The zero-order valence-corrected chi connectivity index (χ0v) is 7.33. The van der Waals surface area contributed by atoms with Crippen molar-refractivity contribution in [3.8, 4) is 0 Å². The highest BCUT2D eigenvalue weighted by Crippen LogP contribution is 2.10.